The van der Waals surface area contributed by atoms with Crippen molar-refractivity contribution in [2.45, 2.75) is 68.9 Å². The van der Waals surface area contributed by atoms with Gasteiger partial charge in [0.25, 0.3) is 0 Å². The predicted octanol–water partition coefficient (Wildman–Crippen LogP) is 1.70. The van der Waals surface area contributed by atoms with Crippen molar-refractivity contribution in [3.8, 4) is 6.07 Å². The van der Waals surface area contributed by atoms with E-state index in [1.165, 1.54) is 12.8 Å². The highest BCUT2D eigenvalue weighted by Crippen LogP contribution is 2.44. The lowest BCUT2D eigenvalue weighted by atomic mass is 9.70. The van der Waals surface area contributed by atoms with Crippen molar-refractivity contribution in [2.24, 2.45) is 11.8 Å². The molecule has 2 saturated heterocycles. The Morgan fingerprint density at radius 3 is 2.61 bits per heavy atom. The number of nitrogens with one attached hydrogen (secondary N) is 3. The van der Waals surface area contributed by atoms with Gasteiger partial charge in [0.1, 0.15) is 11.9 Å². The fourth-order valence-electron chi connectivity index (χ4n) is 5.52. The van der Waals surface area contributed by atoms with E-state index < -0.39 is 12.0 Å². The van der Waals surface area contributed by atoms with Gasteiger partial charge in [-0.2, -0.15) is 5.26 Å². The van der Waals surface area contributed by atoms with Crippen LogP contribution < -0.4 is 16.1 Å². The maximum absolute atomic E-state index is 13.2. The Bertz CT molecular complexity index is 1070. The normalized spacial score (nSPS) is 34.6. The lowest BCUT2D eigenvalue weighted by Gasteiger charge is -2.47. The summed E-state index contributed by atoms with van der Waals surface area (Å²) in [4.78, 5) is 26.7. The Morgan fingerprint density at radius 1 is 1.15 bits per heavy atom. The molecule has 7 atom stereocenters. The average Bonchev–Trinajstić information content (AvgIpc) is 3.59. The molecule has 2 saturated carbocycles. The molecule has 33 heavy (non-hydrogen) atoms. The third-order valence-electron chi connectivity index (χ3n) is 7.75. The van der Waals surface area contributed by atoms with E-state index in [0.29, 0.717) is 5.92 Å². The second kappa shape index (κ2) is 8.13. The lowest BCUT2D eigenvalue weighted by Crippen LogP contribution is -2.68. The van der Waals surface area contributed by atoms with Crippen LogP contribution in [0.1, 0.15) is 67.6 Å². The third-order valence-corrected chi connectivity index (χ3v) is 7.75. The van der Waals surface area contributed by atoms with Crippen molar-refractivity contribution in [1.82, 2.24) is 36.0 Å². The maximum atomic E-state index is 13.2. The van der Waals surface area contributed by atoms with Gasteiger partial charge in [-0.3, -0.25) is 15.1 Å². The highest BCUT2D eigenvalue weighted by Gasteiger charge is 2.54. The van der Waals surface area contributed by atoms with Crippen LogP contribution in [0.5, 0.6) is 0 Å². The van der Waals surface area contributed by atoms with Crippen LogP contribution >= 0.6 is 0 Å². The van der Waals surface area contributed by atoms with Crippen molar-refractivity contribution in [2.75, 3.05) is 0 Å². The molecule has 9 nitrogen and oxygen atoms in total. The first-order chi connectivity index (χ1) is 16.1. The van der Waals surface area contributed by atoms with Gasteiger partial charge in [0.05, 0.1) is 24.3 Å². The number of pyridine rings is 1. The van der Waals surface area contributed by atoms with E-state index in [9.17, 15) is 10.1 Å². The number of aromatic nitrogens is 3. The van der Waals surface area contributed by atoms with Crippen molar-refractivity contribution < 1.29 is 4.79 Å². The minimum absolute atomic E-state index is 0.0507. The van der Waals surface area contributed by atoms with Gasteiger partial charge < -0.3 is 5.32 Å². The van der Waals surface area contributed by atoms with Gasteiger partial charge in [0.15, 0.2) is 0 Å². The largest absolute Gasteiger partial charge is 0.340 e. The van der Waals surface area contributed by atoms with Crippen molar-refractivity contribution in [3.63, 3.8) is 0 Å². The Labute approximate surface area is 193 Å². The molecule has 9 heteroatoms. The van der Waals surface area contributed by atoms with E-state index in [0.717, 1.165) is 29.9 Å². The summed E-state index contributed by atoms with van der Waals surface area (Å²) < 4.78 is 0. The fourth-order valence-corrected chi connectivity index (χ4v) is 5.52. The quantitative estimate of drug-likeness (QED) is 0.638. The molecule has 0 bridgehead atoms. The molecule has 1 amide bonds. The van der Waals surface area contributed by atoms with E-state index in [2.05, 4.69) is 56.1 Å². The summed E-state index contributed by atoms with van der Waals surface area (Å²) in [5, 5.41) is 18.6. The third kappa shape index (κ3) is 3.59. The zero-order valence-electron chi connectivity index (χ0n) is 18.6. The van der Waals surface area contributed by atoms with Crippen LogP contribution in [0.4, 0.5) is 0 Å². The summed E-state index contributed by atoms with van der Waals surface area (Å²) in [7, 11) is 0. The van der Waals surface area contributed by atoms with Crippen molar-refractivity contribution >= 4 is 5.91 Å². The molecule has 0 radical (unpaired) electrons. The zero-order chi connectivity index (χ0) is 22.5. The summed E-state index contributed by atoms with van der Waals surface area (Å²) in [5.41, 5.74) is 5.51. The van der Waals surface area contributed by atoms with Crippen LogP contribution in [0.3, 0.4) is 0 Å². The topological polar surface area (TPSA) is 119 Å². The molecule has 4 heterocycles. The summed E-state index contributed by atoms with van der Waals surface area (Å²) in [6, 6.07) is 7.70. The minimum Gasteiger partial charge on any atom is -0.340 e. The van der Waals surface area contributed by atoms with E-state index in [-0.39, 0.29) is 36.1 Å². The van der Waals surface area contributed by atoms with E-state index in [4.69, 9.17) is 0 Å². The second-order valence-corrected chi connectivity index (χ2v) is 9.69. The zero-order valence-corrected chi connectivity index (χ0v) is 18.6. The first-order valence-electron chi connectivity index (χ1n) is 11.9. The minimum atomic E-state index is -0.584. The molecule has 2 aliphatic heterocycles. The number of rotatable bonds is 5. The Morgan fingerprint density at radius 2 is 1.97 bits per heavy atom. The molecule has 2 aromatic rings. The number of fused-ring (bicyclic) bond motifs is 1. The number of carbonyl (C=O) groups excluding carboxylic acids is 1. The van der Waals surface area contributed by atoms with Gasteiger partial charge >= 0.3 is 0 Å². The highest BCUT2D eigenvalue weighted by atomic mass is 16.2. The fraction of sp³-hybridized carbons (Fsp3) is 0.542. The van der Waals surface area contributed by atoms with E-state index >= 15 is 0 Å². The number of hydrazine groups is 1. The van der Waals surface area contributed by atoms with Gasteiger partial charge in [-0.25, -0.2) is 20.4 Å². The lowest BCUT2D eigenvalue weighted by molar-refractivity contribution is -0.132. The van der Waals surface area contributed by atoms with Crippen LogP contribution in [-0.2, 0) is 4.79 Å². The molecule has 0 aromatic carbocycles. The molecular formula is C24H28N8O. The Kier molecular flexibility index (Phi) is 5.09. The van der Waals surface area contributed by atoms with E-state index in [1.807, 2.05) is 17.3 Å². The number of amides is 1. The van der Waals surface area contributed by atoms with Crippen LogP contribution in [0.15, 0.2) is 36.8 Å². The van der Waals surface area contributed by atoms with Crippen molar-refractivity contribution in [1.29, 1.82) is 5.26 Å². The maximum Gasteiger partial charge on any atom is 0.230 e. The predicted molar refractivity (Wildman–Crippen MR) is 119 cm³/mol. The molecule has 4 fully saturated rings. The molecule has 0 spiro atoms. The molecule has 2 aromatic heterocycles. The SMILES string of the molecule is CC(c1ccc(C2CC2)nc1)N1NC(C#N)C2C(=O)NC(C3CCC3c3ncccn3)NC21. The first kappa shape index (κ1) is 20.7. The molecule has 3 N–H and O–H groups in total. The summed E-state index contributed by atoms with van der Waals surface area (Å²) in [5.74, 6) is 1.30. The molecule has 4 aliphatic rings. The summed E-state index contributed by atoms with van der Waals surface area (Å²) in [6.07, 6.45) is 9.44. The van der Waals surface area contributed by atoms with Gasteiger partial charge in [0.2, 0.25) is 5.91 Å². The molecule has 2 aliphatic carbocycles. The molecular weight excluding hydrogens is 416 g/mol. The first-order valence-corrected chi connectivity index (χ1v) is 11.9. The van der Waals surface area contributed by atoms with Gasteiger partial charge in [0, 0.05) is 48.1 Å². The monoisotopic (exact) mass is 444 g/mol. The van der Waals surface area contributed by atoms with E-state index in [1.54, 1.807) is 12.4 Å². The van der Waals surface area contributed by atoms with Crippen LogP contribution in [0.2, 0.25) is 0 Å². The van der Waals surface area contributed by atoms with Gasteiger partial charge in [-0.05, 0) is 50.3 Å². The van der Waals surface area contributed by atoms with Crippen LogP contribution in [0, 0.1) is 23.2 Å². The standard InChI is InChI=1S/C24H28N8O/c1-13(15-5-8-18(28-12-15)14-3-4-14)32-23-20(19(11-25)31-32)24(33)30-22(29-23)17-7-6-16(17)21-26-9-2-10-27-21/h2,5,8-10,12-14,16-17,19-20,22-23,29,31H,3-4,6-7H2,1H3,(H,30,33). The van der Waals surface area contributed by atoms with Gasteiger partial charge in [-0.1, -0.05) is 6.07 Å². The van der Waals surface area contributed by atoms with Crippen molar-refractivity contribution in [3.05, 3.63) is 53.9 Å². The van der Waals surface area contributed by atoms with Crippen LogP contribution in [-0.4, -0.2) is 44.2 Å². The van der Waals surface area contributed by atoms with Gasteiger partial charge in [-0.15, -0.1) is 0 Å². The summed E-state index contributed by atoms with van der Waals surface area (Å²) in [6.45, 7) is 2.09. The Hall–Kier alpha value is -2.93. The summed E-state index contributed by atoms with van der Waals surface area (Å²) >= 11 is 0. The number of nitrogens with zero attached hydrogens (tertiary/aromatic N) is 5. The Balaban J connectivity index is 1.23. The highest BCUT2D eigenvalue weighted by molar-refractivity contribution is 5.82. The number of carbonyl (C=O) groups is 1. The molecule has 170 valence electrons. The number of nitriles is 1. The molecule has 7 unspecified atom stereocenters. The number of hydrogen-bond donors (Lipinski definition) is 3. The second-order valence-electron chi connectivity index (χ2n) is 9.69. The molecule has 6 rings (SSSR count). The smallest absolute Gasteiger partial charge is 0.230 e. The average molecular weight is 445 g/mol. The van der Waals surface area contributed by atoms with Crippen LogP contribution in [0.25, 0.3) is 0 Å². The number of hydrogen-bond acceptors (Lipinski definition) is 8.